The normalized spacial score (nSPS) is 13.0. The van der Waals surface area contributed by atoms with Gasteiger partial charge >= 0.3 is 0 Å². The number of nitrogens with zero attached hydrogens (tertiary/aromatic N) is 4. The van der Waals surface area contributed by atoms with Gasteiger partial charge in [0, 0.05) is 19.0 Å². The van der Waals surface area contributed by atoms with Crippen molar-refractivity contribution in [1.82, 2.24) is 19.7 Å². The van der Waals surface area contributed by atoms with E-state index in [9.17, 15) is 0 Å². The highest BCUT2D eigenvalue weighted by molar-refractivity contribution is 5.79. The SMILES string of the molecule is CCn1ncnc1CN(C)CC(C)C(=N)N. The molecule has 16 heavy (non-hydrogen) atoms. The Hall–Kier alpha value is -1.43. The monoisotopic (exact) mass is 224 g/mol. The van der Waals surface area contributed by atoms with Gasteiger partial charge in [0.1, 0.15) is 12.2 Å². The maximum absolute atomic E-state index is 7.34. The van der Waals surface area contributed by atoms with E-state index in [1.54, 1.807) is 6.33 Å². The number of hydrogen-bond acceptors (Lipinski definition) is 4. The average Bonchev–Trinajstić information content (AvgIpc) is 2.64. The standard InChI is InChI=1S/C10H20N6/c1-4-16-9(13-7-14-16)6-15(3)5-8(2)10(11)12/h7-8H,4-6H2,1-3H3,(H3,11,12). The zero-order valence-corrected chi connectivity index (χ0v) is 10.1. The Morgan fingerprint density at radius 3 is 2.94 bits per heavy atom. The third kappa shape index (κ3) is 3.30. The van der Waals surface area contributed by atoms with Gasteiger partial charge in [-0.2, -0.15) is 5.10 Å². The van der Waals surface area contributed by atoms with E-state index in [0.717, 1.165) is 25.5 Å². The molecular weight excluding hydrogens is 204 g/mol. The second-order valence-corrected chi connectivity index (χ2v) is 4.05. The van der Waals surface area contributed by atoms with Crippen LogP contribution in [0, 0.1) is 11.3 Å². The van der Waals surface area contributed by atoms with Crippen molar-refractivity contribution >= 4 is 5.84 Å². The summed E-state index contributed by atoms with van der Waals surface area (Å²) in [4.78, 5) is 6.30. The molecule has 0 bridgehead atoms. The number of rotatable bonds is 6. The lowest BCUT2D eigenvalue weighted by atomic mass is 10.1. The molecule has 1 unspecified atom stereocenters. The van der Waals surface area contributed by atoms with Crippen LogP contribution < -0.4 is 5.73 Å². The minimum atomic E-state index is 0.0722. The van der Waals surface area contributed by atoms with Gasteiger partial charge in [-0.15, -0.1) is 0 Å². The number of nitrogens with two attached hydrogens (primary N) is 1. The minimum absolute atomic E-state index is 0.0722. The highest BCUT2D eigenvalue weighted by Crippen LogP contribution is 2.03. The number of nitrogens with one attached hydrogen (secondary N) is 1. The van der Waals surface area contributed by atoms with Crippen LogP contribution in [0.25, 0.3) is 0 Å². The van der Waals surface area contributed by atoms with Crippen LogP contribution in [0.2, 0.25) is 0 Å². The van der Waals surface area contributed by atoms with Crippen LogP contribution >= 0.6 is 0 Å². The van der Waals surface area contributed by atoms with E-state index in [0.29, 0.717) is 0 Å². The Balaban J connectivity index is 2.51. The lowest BCUT2D eigenvalue weighted by Gasteiger charge is -2.20. The van der Waals surface area contributed by atoms with Crippen molar-refractivity contribution in [3.63, 3.8) is 0 Å². The Morgan fingerprint density at radius 2 is 2.38 bits per heavy atom. The number of amidine groups is 1. The molecule has 0 amide bonds. The Kier molecular flexibility index (Phi) is 4.42. The summed E-state index contributed by atoms with van der Waals surface area (Å²) in [6.07, 6.45) is 1.57. The first-order chi connectivity index (χ1) is 7.54. The molecule has 6 heteroatoms. The van der Waals surface area contributed by atoms with E-state index in [1.807, 2.05) is 25.6 Å². The largest absolute Gasteiger partial charge is 0.387 e. The van der Waals surface area contributed by atoms with Crippen LogP contribution in [-0.2, 0) is 13.1 Å². The lowest BCUT2D eigenvalue weighted by molar-refractivity contribution is 0.292. The summed E-state index contributed by atoms with van der Waals surface area (Å²) in [7, 11) is 1.99. The first-order valence-electron chi connectivity index (χ1n) is 5.43. The molecule has 3 N–H and O–H groups in total. The van der Waals surface area contributed by atoms with Crippen molar-refractivity contribution in [3.05, 3.63) is 12.2 Å². The fraction of sp³-hybridized carbons (Fsp3) is 0.700. The smallest absolute Gasteiger partial charge is 0.140 e. The highest BCUT2D eigenvalue weighted by atomic mass is 15.3. The fourth-order valence-electron chi connectivity index (χ4n) is 1.55. The van der Waals surface area contributed by atoms with Crippen molar-refractivity contribution in [2.45, 2.75) is 26.9 Å². The van der Waals surface area contributed by atoms with E-state index < -0.39 is 0 Å². The maximum Gasteiger partial charge on any atom is 0.140 e. The zero-order valence-electron chi connectivity index (χ0n) is 10.1. The van der Waals surface area contributed by atoms with E-state index in [4.69, 9.17) is 11.1 Å². The van der Waals surface area contributed by atoms with Gasteiger partial charge in [0.25, 0.3) is 0 Å². The molecule has 1 aromatic rings. The summed E-state index contributed by atoms with van der Waals surface area (Å²) < 4.78 is 1.87. The Labute approximate surface area is 96.0 Å². The van der Waals surface area contributed by atoms with Crippen molar-refractivity contribution in [3.8, 4) is 0 Å². The van der Waals surface area contributed by atoms with Gasteiger partial charge in [0.2, 0.25) is 0 Å². The zero-order chi connectivity index (χ0) is 12.1. The molecule has 1 aromatic heterocycles. The predicted molar refractivity (Wildman–Crippen MR) is 63.1 cm³/mol. The van der Waals surface area contributed by atoms with E-state index >= 15 is 0 Å². The maximum atomic E-state index is 7.34. The molecule has 0 aliphatic rings. The Morgan fingerprint density at radius 1 is 1.69 bits per heavy atom. The van der Waals surface area contributed by atoms with Crippen LogP contribution in [0.4, 0.5) is 0 Å². The highest BCUT2D eigenvalue weighted by Gasteiger charge is 2.11. The van der Waals surface area contributed by atoms with Gasteiger partial charge in [-0.05, 0) is 14.0 Å². The molecule has 0 spiro atoms. The molecule has 1 atom stereocenters. The third-order valence-electron chi connectivity index (χ3n) is 2.52. The average molecular weight is 224 g/mol. The van der Waals surface area contributed by atoms with Crippen molar-refractivity contribution in [2.75, 3.05) is 13.6 Å². The number of aromatic nitrogens is 3. The van der Waals surface area contributed by atoms with E-state index in [-0.39, 0.29) is 11.8 Å². The van der Waals surface area contributed by atoms with Gasteiger partial charge < -0.3 is 5.73 Å². The molecule has 0 aliphatic carbocycles. The first kappa shape index (κ1) is 12.6. The van der Waals surface area contributed by atoms with Crippen LogP contribution in [-0.4, -0.2) is 39.1 Å². The van der Waals surface area contributed by atoms with Gasteiger partial charge in [-0.1, -0.05) is 6.92 Å². The summed E-state index contributed by atoms with van der Waals surface area (Å²) in [6.45, 7) is 6.29. The lowest BCUT2D eigenvalue weighted by Crippen LogP contribution is -2.32. The van der Waals surface area contributed by atoms with Crippen LogP contribution in [0.15, 0.2) is 6.33 Å². The Bertz CT molecular complexity index is 345. The first-order valence-corrected chi connectivity index (χ1v) is 5.43. The second kappa shape index (κ2) is 5.60. The van der Waals surface area contributed by atoms with Gasteiger partial charge in [-0.25, -0.2) is 9.67 Å². The van der Waals surface area contributed by atoms with Gasteiger partial charge in [-0.3, -0.25) is 10.3 Å². The predicted octanol–water partition coefficient (Wildman–Crippen LogP) is 0.302. The number of hydrogen-bond donors (Lipinski definition) is 2. The van der Waals surface area contributed by atoms with Crippen LogP contribution in [0.5, 0.6) is 0 Å². The fourth-order valence-corrected chi connectivity index (χ4v) is 1.55. The molecule has 90 valence electrons. The molecule has 1 heterocycles. The molecule has 0 aromatic carbocycles. The molecule has 6 nitrogen and oxygen atoms in total. The van der Waals surface area contributed by atoms with E-state index in [1.165, 1.54) is 0 Å². The minimum Gasteiger partial charge on any atom is -0.387 e. The van der Waals surface area contributed by atoms with Crippen LogP contribution in [0.1, 0.15) is 19.7 Å². The van der Waals surface area contributed by atoms with Gasteiger partial charge in [0.05, 0.1) is 12.4 Å². The molecule has 0 aliphatic heterocycles. The van der Waals surface area contributed by atoms with Crippen molar-refractivity contribution in [1.29, 1.82) is 5.41 Å². The van der Waals surface area contributed by atoms with Crippen molar-refractivity contribution in [2.24, 2.45) is 11.7 Å². The summed E-state index contributed by atoms with van der Waals surface area (Å²) in [5.41, 5.74) is 5.44. The topological polar surface area (TPSA) is 83.8 Å². The number of aryl methyl sites for hydroxylation is 1. The molecule has 0 radical (unpaired) electrons. The van der Waals surface area contributed by atoms with E-state index in [2.05, 4.69) is 15.0 Å². The van der Waals surface area contributed by atoms with Crippen LogP contribution in [0.3, 0.4) is 0 Å². The molecule has 0 saturated carbocycles. The molecule has 0 saturated heterocycles. The third-order valence-corrected chi connectivity index (χ3v) is 2.52. The summed E-state index contributed by atoms with van der Waals surface area (Å²) >= 11 is 0. The molecule has 1 rings (SSSR count). The molecule has 0 fully saturated rings. The van der Waals surface area contributed by atoms with Gasteiger partial charge in [0.15, 0.2) is 0 Å². The summed E-state index contributed by atoms with van der Waals surface area (Å²) in [5.74, 6) is 1.24. The summed E-state index contributed by atoms with van der Waals surface area (Å²) in [6, 6.07) is 0. The van der Waals surface area contributed by atoms with Crippen molar-refractivity contribution < 1.29 is 0 Å². The second-order valence-electron chi connectivity index (χ2n) is 4.05. The summed E-state index contributed by atoms with van der Waals surface area (Å²) in [5, 5.41) is 11.5. The quantitative estimate of drug-likeness (QED) is 0.538. The molecular formula is C10H20N6.